The summed E-state index contributed by atoms with van der Waals surface area (Å²) in [5.74, 6) is -1.69. The minimum Gasteiger partial charge on any atom is -0.477 e. The number of carboxylic acid groups (broad SMARTS) is 2. The molecule has 14 heteroatoms. The quantitative estimate of drug-likeness (QED) is 0.157. The van der Waals surface area contributed by atoms with Gasteiger partial charge in [-0.3, -0.25) is 14.5 Å². The van der Waals surface area contributed by atoms with Gasteiger partial charge < -0.3 is 30.1 Å². The van der Waals surface area contributed by atoms with Crippen LogP contribution in [-0.2, 0) is 14.3 Å². The van der Waals surface area contributed by atoms with E-state index >= 15 is 0 Å². The Morgan fingerprint density at radius 2 is 1.13 bits per heavy atom. The maximum Gasteiger partial charge on any atom is 0.410 e. The number of carbonyl (C=O) groups is 5. The molecule has 4 heterocycles. The summed E-state index contributed by atoms with van der Waals surface area (Å²) in [5.41, 5.74) is 2.23. The molecule has 4 aliphatic rings. The van der Waals surface area contributed by atoms with Gasteiger partial charge in [0, 0.05) is 22.8 Å². The molecule has 2 saturated heterocycles. The van der Waals surface area contributed by atoms with E-state index < -0.39 is 23.6 Å². The largest absolute Gasteiger partial charge is 0.477 e. The Morgan fingerprint density at radius 3 is 1.59 bits per heavy atom. The molecule has 61 heavy (non-hydrogen) atoms. The number of aromatic carboxylic acids is 2. The second kappa shape index (κ2) is 19.3. The number of thiophene rings is 2. The number of carbonyl (C=O) groups excluding carboxylic acids is 3. The lowest BCUT2D eigenvalue weighted by molar-refractivity contribution is -0.123. The molecule has 2 saturated carbocycles. The van der Waals surface area contributed by atoms with Gasteiger partial charge in [-0.05, 0) is 81.5 Å². The first-order chi connectivity index (χ1) is 29.3. The average Bonchev–Trinajstić information content (AvgIpc) is 3.91. The van der Waals surface area contributed by atoms with Crippen LogP contribution in [0.2, 0.25) is 0 Å². The summed E-state index contributed by atoms with van der Waals surface area (Å²) in [6.45, 7) is 6.60. The van der Waals surface area contributed by atoms with Crippen LogP contribution in [0.5, 0.6) is 0 Å². The van der Waals surface area contributed by atoms with Crippen molar-refractivity contribution >= 4 is 63.9 Å². The van der Waals surface area contributed by atoms with Gasteiger partial charge in [0.25, 0.3) is 0 Å². The first-order valence-corrected chi connectivity index (χ1v) is 23.1. The zero-order valence-electron chi connectivity index (χ0n) is 35.1. The fraction of sp³-hybridized carbons (Fsp3) is 0.468. The predicted molar refractivity (Wildman–Crippen MR) is 240 cm³/mol. The molecule has 2 aliphatic heterocycles. The number of ether oxygens (including phenoxy) is 1. The number of piperazine rings is 2. The molecule has 2 aliphatic carbocycles. The molecule has 4 fully saturated rings. The predicted octanol–water partition coefficient (Wildman–Crippen LogP) is 9.64. The van der Waals surface area contributed by atoms with Crippen molar-refractivity contribution in [2.75, 3.05) is 36.0 Å². The summed E-state index contributed by atoms with van der Waals surface area (Å²) < 4.78 is 5.55. The Hall–Kier alpha value is -5.05. The number of nitrogens with one attached hydrogen (secondary N) is 1. The fourth-order valence-corrected chi connectivity index (χ4v) is 11.3. The van der Waals surface area contributed by atoms with Gasteiger partial charge in [-0.25, -0.2) is 14.4 Å². The van der Waals surface area contributed by atoms with Crippen LogP contribution in [0.25, 0.3) is 20.9 Å². The van der Waals surface area contributed by atoms with Crippen LogP contribution in [0.4, 0.5) is 16.2 Å². The van der Waals surface area contributed by atoms with Crippen LogP contribution in [0.3, 0.4) is 0 Å². The van der Waals surface area contributed by atoms with E-state index in [0.717, 1.165) is 72.4 Å². The molecule has 2 aromatic heterocycles. The van der Waals surface area contributed by atoms with E-state index in [1.807, 2.05) is 72.8 Å². The smallest absolute Gasteiger partial charge is 0.410 e. The lowest BCUT2D eigenvalue weighted by Gasteiger charge is -2.45. The van der Waals surface area contributed by atoms with Crippen molar-refractivity contribution < 1.29 is 38.9 Å². The lowest BCUT2D eigenvalue weighted by Crippen LogP contribution is -2.61. The third kappa shape index (κ3) is 10.4. The molecule has 0 bridgehead atoms. The number of hydrogen-bond acceptors (Lipinski definition) is 9. The summed E-state index contributed by atoms with van der Waals surface area (Å²) >= 11 is 2.43. The molecule has 0 unspecified atom stereocenters. The summed E-state index contributed by atoms with van der Waals surface area (Å²) in [6, 6.07) is 22.8. The number of hydrogen-bond donors (Lipinski definition) is 3. The number of anilines is 2. The van der Waals surface area contributed by atoms with Crippen molar-refractivity contribution in [3.63, 3.8) is 0 Å². The van der Waals surface area contributed by atoms with E-state index in [-0.39, 0.29) is 52.7 Å². The minimum absolute atomic E-state index is 0.0304. The van der Waals surface area contributed by atoms with Crippen molar-refractivity contribution in [3.05, 3.63) is 82.6 Å². The Morgan fingerprint density at radius 1 is 0.672 bits per heavy atom. The van der Waals surface area contributed by atoms with E-state index in [1.165, 1.54) is 46.8 Å². The van der Waals surface area contributed by atoms with Crippen LogP contribution in [-0.4, -0.2) is 88.8 Å². The highest BCUT2D eigenvalue weighted by Crippen LogP contribution is 2.43. The van der Waals surface area contributed by atoms with E-state index in [1.54, 1.807) is 30.6 Å². The molecular formula is C47H56N4O8S2. The molecule has 8 rings (SSSR count). The normalized spacial score (nSPS) is 20.5. The molecule has 3 N–H and O–H groups in total. The van der Waals surface area contributed by atoms with Crippen LogP contribution < -0.4 is 15.1 Å². The topological polar surface area (TPSA) is 157 Å². The second-order valence-corrected chi connectivity index (χ2v) is 19.5. The van der Waals surface area contributed by atoms with Crippen molar-refractivity contribution in [1.29, 1.82) is 0 Å². The molecule has 2 atom stereocenters. The van der Waals surface area contributed by atoms with Crippen LogP contribution in [0.15, 0.2) is 72.8 Å². The molecule has 2 aromatic carbocycles. The summed E-state index contributed by atoms with van der Waals surface area (Å²) in [6.07, 6.45) is 10.5. The second-order valence-electron chi connectivity index (χ2n) is 17.4. The molecule has 12 nitrogen and oxygen atoms in total. The van der Waals surface area contributed by atoms with Crippen LogP contribution >= 0.6 is 22.7 Å². The SMILES string of the molecule is CC(C)(C)OC(=O)N1CC(=O)N(c2cc(-c3ccccc3)sc2C(=O)O)[C@H](C2CCCCC2)C1.O=C(O)c1sc(-c2ccccc2)cc1N1C(=O)CNC[C@H]1C1CCCCC1. The first-order valence-electron chi connectivity index (χ1n) is 21.5. The Balaban J connectivity index is 0.000000189. The van der Waals surface area contributed by atoms with Crippen molar-refractivity contribution in [2.24, 2.45) is 11.8 Å². The Kier molecular flexibility index (Phi) is 14.0. The number of amides is 3. The molecule has 4 aromatic rings. The van der Waals surface area contributed by atoms with Gasteiger partial charge in [0.15, 0.2) is 0 Å². The van der Waals surface area contributed by atoms with Crippen LogP contribution in [0, 0.1) is 11.8 Å². The van der Waals surface area contributed by atoms with Gasteiger partial charge in [-0.1, -0.05) is 99.2 Å². The monoisotopic (exact) mass is 868 g/mol. The maximum atomic E-state index is 13.5. The first kappa shape index (κ1) is 44.0. The van der Waals surface area contributed by atoms with Gasteiger partial charge in [0.1, 0.15) is 21.9 Å². The number of carboxylic acids is 2. The van der Waals surface area contributed by atoms with Gasteiger partial charge in [-0.2, -0.15) is 0 Å². The van der Waals surface area contributed by atoms with E-state index in [2.05, 4.69) is 5.32 Å². The van der Waals surface area contributed by atoms with Crippen LogP contribution in [0.1, 0.15) is 104 Å². The zero-order valence-corrected chi connectivity index (χ0v) is 36.8. The minimum atomic E-state index is -1.05. The highest BCUT2D eigenvalue weighted by Gasteiger charge is 2.43. The molecule has 324 valence electrons. The molecule has 0 radical (unpaired) electrons. The summed E-state index contributed by atoms with van der Waals surface area (Å²) in [4.78, 5) is 70.4. The number of nitrogens with zero attached hydrogens (tertiary/aromatic N) is 3. The summed E-state index contributed by atoms with van der Waals surface area (Å²) in [5, 5.41) is 23.0. The Labute approximate surface area is 365 Å². The Bertz CT molecular complexity index is 2190. The third-order valence-electron chi connectivity index (χ3n) is 12.1. The third-order valence-corrected chi connectivity index (χ3v) is 14.4. The van der Waals surface area contributed by atoms with E-state index in [0.29, 0.717) is 23.8 Å². The van der Waals surface area contributed by atoms with Crippen molar-refractivity contribution in [2.45, 2.75) is 103 Å². The van der Waals surface area contributed by atoms with E-state index in [4.69, 9.17) is 4.74 Å². The van der Waals surface area contributed by atoms with Crippen molar-refractivity contribution in [1.82, 2.24) is 10.2 Å². The highest BCUT2D eigenvalue weighted by molar-refractivity contribution is 7.18. The lowest BCUT2D eigenvalue weighted by atomic mass is 9.82. The van der Waals surface area contributed by atoms with Gasteiger partial charge in [0.05, 0.1) is 30.0 Å². The number of rotatable bonds is 8. The fourth-order valence-electron chi connectivity index (χ4n) is 9.27. The van der Waals surface area contributed by atoms with Crippen molar-refractivity contribution in [3.8, 4) is 20.9 Å². The van der Waals surface area contributed by atoms with E-state index in [9.17, 15) is 34.2 Å². The van der Waals surface area contributed by atoms with Gasteiger partial charge in [-0.15, -0.1) is 22.7 Å². The number of benzene rings is 2. The molecular weight excluding hydrogens is 813 g/mol. The average molecular weight is 869 g/mol. The molecule has 3 amide bonds. The molecule has 0 spiro atoms. The zero-order chi connectivity index (χ0) is 43.3. The summed E-state index contributed by atoms with van der Waals surface area (Å²) in [7, 11) is 0. The highest BCUT2D eigenvalue weighted by atomic mass is 32.1. The maximum absolute atomic E-state index is 13.5. The van der Waals surface area contributed by atoms with Gasteiger partial charge >= 0.3 is 18.0 Å². The van der Waals surface area contributed by atoms with Gasteiger partial charge in [0.2, 0.25) is 11.8 Å². The standard InChI is InChI=1S/C26H32N2O5S.C21H24N2O3S/c1-26(2,3)33-25(32)27-15-20(17-10-6-4-7-11-17)28(22(29)16-27)19-14-21(34-23(19)24(30)31)18-12-8-5-9-13-18;24-19-13-22-12-17(14-7-3-1-4-8-14)23(19)16-11-18(27-20(16)21(25)26)15-9-5-2-6-10-15/h5,8-9,12-14,17,20H,4,6-7,10-11,15-16H2,1-3H3,(H,30,31);2,5-6,9-11,14,17,22H,1,3-4,7-8,12-13H2,(H,25,26)/t20-;17-/m00/s1.